The van der Waals surface area contributed by atoms with Crippen LogP contribution in [0.1, 0.15) is 32.1 Å². The molecule has 4 saturated carbocycles. The minimum atomic E-state index is -4.83. The lowest BCUT2D eigenvalue weighted by Gasteiger charge is -2.68. The monoisotopic (exact) mass is 493 g/mol. The molecule has 180 valence electrons. The van der Waals surface area contributed by atoms with Gasteiger partial charge < -0.3 is 10.1 Å². The Bertz CT molecular complexity index is 979. The molecule has 1 aromatic rings. The van der Waals surface area contributed by atoms with Gasteiger partial charge in [-0.05, 0) is 44.2 Å². The number of carbonyl (C=O) groups is 3. The van der Waals surface area contributed by atoms with Crippen molar-refractivity contribution in [3.8, 4) is 5.75 Å². The maximum absolute atomic E-state index is 13.4. The van der Waals surface area contributed by atoms with Crippen LogP contribution < -0.4 is 20.9 Å². The van der Waals surface area contributed by atoms with Crippen molar-refractivity contribution in [1.82, 2.24) is 16.2 Å². The number of benzene rings is 1. The highest BCUT2D eigenvalue weighted by Gasteiger charge is 2.72. The molecule has 0 spiro atoms. The SMILES string of the molecule is O=C(COc1ccc(Cl)c(F)c1)NC12CC(C(=O)NNC(=O)C3(COC(F)(F)F)CC3)(C1)C2. The first kappa shape index (κ1) is 23.6. The molecule has 5 rings (SSSR count). The van der Waals surface area contributed by atoms with Crippen LogP contribution in [0.4, 0.5) is 17.6 Å². The molecule has 13 heteroatoms. The normalized spacial score (nSPS) is 26.3. The zero-order valence-electron chi connectivity index (χ0n) is 17.1. The lowest BCUT2D eigenvalue weighted by Crippen LogP contribution is -2.79. The predicted molar refractivity (Wildman–Crippen MR) is 104 cm³/mol. The summed E-state index contributed by atoms with van der Waals surface area (Å²) < 4.78 is 59.0. The molecule has 0 saturated heterocycles. The first-order valence-electron chi connectivity index (χ1n) is 10.1. The van der Waals surface area contributed by atoms with E-state index in [9.17, 15) is 31.9 Å². The highest BCUT2D eigenvalue weighted by atomic mass is 35.5. The Morgan fingerprint density at radius 1 is 1.06 bits per heavy atom. The number of hydrogen-bond acceptors (Lipinski definition) is 5. The van der Waals surface area contributed by atoms with Crippen LogP contribution in [0.2, 0.25) is 5.02 Å². The molecule has 8 nitrogen and oxygen atoms in total. The molecule has 2 bridgehead atoms. The van der Waals surface area contributed by atoms with Gasteiger partial charge in [0.1, 0.15) is 11.6 Å². The lowest BCUT2D eigenvalue weighted by molar-refractivity contribution is -0.328. The maximum atomic E-state index is 13.4. The average molecular weight is 494 g/mol. The second-order valence-electron chi connectivity index (χ2n) is 8.93. The molecule has 0 unspecified atom stereocenters. The minimum absolute atomic E-state index is 0.0672. The van der Waals surface area contributed by atoms with Crippen molar-refractivity contribution in [2.24, 2.45) is 10.8 Å². The number of halogens is 5. The highest BCUT2D eigenvalue weighted by molar-refractivity contribution is 6.30. The molecule has 0 aliphatic heterocycles. The number of rotatable bonds is 8. The third kappa shape index (κ3) is 4.86. The summed E-state index contributed by atoms with van der Waals surface area (Å²) in [5.41, 5.74) is 1.87. The fraction of sp³-hybridized carbons (Fsp3) is 0.550. The summed E-state index contributed by atoms with van der Waals surface area (Å²) in [7, 11) is 0. The average Bonchev–Trinajstić information content (AvgIpc) is 3.47. The summed E-state index contributed by atoms with van der Waals surface area (Å²) >= 11 is 5.58. The molecule has 4 aliphatic rings. The Balaban J connectivity index is 1.17. The van der Waals surface area contributed by atoms with Gasteiger partial charge in [-0.3, -0.25) is 30.0 Å². The summed E-state index contributed by atoms with van der Waals surface area (Å²) in [6, 6.07) is 3.79. The van der Waals surface area contributed by atoms with Crippen molar-refractivity contribution in [2.45, 2.75) is 44.0 Å². The minimum Gasteiger partial charge on any atom is -0.484 e. The summed E-state index contributed by atoms with van der Waals surface area (Å²) in [5.74, 6) is -2.16. The Kier molecular flexibility index (Phi) is 5.72. The van der Waals surface area contributed by atoms with Gasteiger partial charge in [0.05, 0.1) is 22.5 Å². The number of amides is 3. The Labute approximate surface area is 190 Å². The summed E-state index contributed by atoms with van der Waals surface area (Å²) in [4.78, 5) is 36.7. The third-order valence-corrected chi connectivity index (χ3v) is 6.62. The molecule has 0 heterocycles. The standard InChI is InChI=1S/C20H20ClF4N3O5/c21-12-2-1-11(5-13(12)22)32-6-14(29)26-19-7-18(8-19,9-19)16(31)28-27-15(30)17(3-4-17)10-33-20(23,24)25/h1-2,5H,3-4,6-10H2,(H,26,29)(H,27,30)(H,28,31). The fourth-order valence-corrected chi connectivity index (χ4v) is 4.51. The summed E-state index contributed by atoms with van der Waals surface area (Å²) in [6.45, 7) is -1.15. The van der Waals surface area contributed by atoms with Crippen LogP contribution in [-0.4, -0.2) is 42.8 Å². The van der Waals surface area contributed by atoms with E-state index in [0.717, 1.165) is 6.07 Å². The summed E-state index contributed by atoms with van der Waals surface area (Å²) in [6.07, 6.45) is -3.31. The fourth-order valence-electron chi connectivity index (χ4n) is 4.40. The van der Waals surface area contributed by atoms with Gasteiger partial charge in [0.25, 0.3) is 5.91 Å². The number of carbonyl (C=O) groups excluding carboxylic acids is 3. The van der Waals surface area contributed by atoms with Crippen molar-refractivity contribution in [3.63, 3.8) is 0 Å². The van der Waals surface area contributed by atoms with Crippen LogP contribution in [0.25, 0.3) is 0 Å². The van der Waals surface area contributed by atoms with E-state index in [1.165, 1.54) is 12.1 Å². The van der Waals surface area contributed by atoms with Crippen LogP contribution in [0.15, 0.2) is 18.2 Å². The number of nitrogens with one attached hydrogen (secondary N) is 3. The van der Waals surface area contributed by atoms with Crippen molar-refractivity contribution in [1.29, 1.82) is 0 Å². The van der Waals surface area contributed by atoms with E-state index >= 15 is 0 Å². The van der Waals surface area contributed by atoms with Crippen LogP contribution >= 0.6 is 11.6 Å². The molecular formula is C20H20ClF4N3O5. The molecule has 4 aliphatic carbocycles. The van der Waals surface area contributed by atoms with E-state index in [2.05, 4.69) is 20.9 Å². The first-order valence-corrected chi connectivity index (χ1v) is 10.4. The van der Waals surface area contributed by atoms with Crippen LogP contribution in [0.3, 0.4) is 0 Å². The van der Waals surface area contributed by atoms with Crippen molar-refractivity contribution in [3.05, 3.63) is 29.0 Å². The topological polar surface area (TPSA) is 106 Å². The molecule has 1 aromatic carbocycles. The van der Waals surface area contributed by atoms with Crippen molar-refractivity contribution in [2.75, 3.05) is 13.2 Å². The number of ether oxygens (including phenoxy) is 2. The van der Waals surface area contributed by atoms with Gasteiger partial charge >= 0.3 is 6.36 Å². The van der Waals surface area contributed by atoms with Gasteiger partial charge in [0, 0.05) is 11.6 Å². The molecule has 0 atom stereocenters. The van der Waals surface area contributed by atoms with E-state index in [1.54, 1.807) is 0 Å². The van der Waals surface area contributed by atoms with Gasteiger partial charge in [-0.25, -0.2) is 4.39 Å². The molecule has 0 radical (unpaired) electrons. The van der Waals surface area contributed by atoms with Crippen molar-refractivity contribution < 1.29 is 41.4 Å². The van der Waals surface area contributed by atoms with Gasteiger partial charge in [-0.1, -0.05) is 11.6 Å². The molecule has 3 amide bonds. The molecule has 4 fully saturated rings. The zero-order valence-corrected chi connectivity index (χ0v) is 17.9. The summed E-state index contributed by atoms with van der Waals surface area (Å²) in [5, 5.41) is 2.72. The number of alkyl halides is 3. The quantitative estimate of drug-likeness (QED) is 0.381. The Morgan fingerprint density at radius 3 is 2.27 bits per heavy atom. The number of hydrogen-bond donors (Lipinski definition) is 3. The second-order valence-corrected chi connectivity index (χ2v) is 9.33. The van der Waals surface area contributed by atoms with Crippen LogP contribution in [0.5, 0.6) is 5.75 Å². The van der Waals surface area contributed by atoms with E-state index in [-0.39, 0.29) is 30.2 Å². The van der Waals surface area contributed by atoms with Crippen LogP contribution in [0, 0.1) is 16.6 Å². The molecule has 0 aromatic heterocycles. The molecule has 3 N–H and O–H groups in total. The largest absolute Gasteiger partial charge is 0.522 e. The van der Waals surface area contributed by atoms with Gasteiger partial charge in [-0.2, -0.15) is 0 Å². The first-order chi connectivity index (χ1) is 15.4. The maximum Gasteiger partial charge on any atom is 0.522 e. The Hall–Kier alpha value is -2.60. The van der Waals surface area contributed by atoms with E-state index in [4.69, 9.17) is 16.3 Å². The van der Waals surface area contributed by atoms with Crippen molar-refractivity contribution >= 4 is 29.3 Å². The number of hydrazine groups is 1. The third-order valence-electron chi connectivity index (χ3n) is 6.31. The predicted octanol–water partition coefficient (Wildman–Crippen LogP) is 2.36. The van der Waals surface area contributed by atoms with Gasteiger partial charge in [-0.15, -0.1) is 13.2 Å². The van der Waals surface area contributed by atoms with E-state index < -0.39 is 52.9 Å². The van der Waals surface area contributed by atoms with Gasteiger partial charge in [0.15, 0.2) is 6.61 Å². The smallest absolute Gasteiger partial charge is 0.484 e. The van der Waals surface area contributed by atoms with Crippen LogP contribution in [-0.2, 0) is 19.1 Å². The van der Waals surface area contributed by atoms with Gasteiger partial charge in [0.2, 0.25) is 11.8 Å². The zero-order chi connectivity index (χ0) is 24.1. The molecule has 33 heavy (non-hydrogen) atoms. The highest BCUT2D eigenvalue weighted by Crippen LogP contribution is 2.67. The Morgan fingerprint density at radius 2 is 1.70 bits per heavy atom. The van der Waals surface area contributed by atoms with E-state index in [1.807, 2.05) is 0 Å². The molecular weight excluding hydrogens is 474 g/mol. The second kappa shape index (κ2) is 8.01. The lowest BCUT2D eigenvalue weighted by atomic mass is 9.39. The van der Waals surface area contributed by atoms with E-state index in [0.29, 0.717) is 19.3 Å².